The summed E-state index contributed by atoms with van der Waals surface area (Å²) < 4.78 is 12.9. The van der Waals surface area contributed by atoms with Crippen LogP contribution in [0.25, 0.3) is 23.0 Å². The van der Waals surface area contributed by atoms with Crippen molar-refractivity contribution in [1.29, 1.82) is 5.26 Å². The summed E-state index contributed by atoms with van der Waals surface area (Å²) in [4.78, 5) is 27.7. The van der Waals surface area contributed by atoms with E-state index in [1.165, 1.54) is 0 Å². The van der Waals surface area contributed by atoms with Crippen LogP contribution in [0.15, 0.2) is 71.4 Å². The Bertz CT molecular complexity index is 1530. The van der Waals surface area contributed by atoms with Gasteiger partial charge in [-0.2, -0.15) is 10.4 Å². The maximum Gasteiger partial charge on any atom is 0.271 e. The van der Waals surface area contributed by atoms with Crippen LogP contribution in [0.1, 0.15) is 44.7 Å². The summed E-state index contributed by atoms with van der Waals surface area (Å²) >= 11 is 0. The average Bonchev–Trinajstić information content (AvgIpc) is 3.38. The Labute approximate surface area is 241 Å². The molecule has 0 fully saturated rings. The van der Waals surface area contributed by atoms with Crippen LogP contribution in [0.5, 0.6) is 5.75 Å². The standard InChI is InChI=1S/C33H36N4O4/c1-22(2)14-17-41-30-13-12-25(18-23(30)3)31-26(21-37(35-31)27-10-7-6-8-11-27)19-28-24(4)29(20-34)33(39)36(32(28)38)15-9-16-40-5/h6-8,10-13,18-19,21-22H,9,14-17H2,1-5H3/b28-19+. The van der Waals surface area contributed by atoms with Gasteiger partial charge in [0.05, 0.1) is 18.0 Å². The fourth-order valence-corrected chi connectivity index (χ4v) is 4.65. The Morgan fingerprint density at radius 3 is 2.46 bits per heavy atom. The minimum absolute atomic E-state index is 0.0380. The summed E-state index contributed by atoms with van der Waals surface area (Å²) in [7, 11) is 1.56. The third-order valence-electron chi connectivity index (χ3n) is 7.02. The van der Waals surface area contributed by atoms with Gasteiger partial charge < -0.3 is 9.47 Å². The van der Waals surface area contributed by atoms with Crippen LogP contribution in [-0.4, -0.2) is 53.4 Å². The molecule has 0 unspecified atom stereocenters. The summed E-state index contributed by atoms with van der Waals surface area (Å²) in [6, 6.07) is 17.6. The molecule has 2 aromatic carbocycles. The topological polar surface area (TPSA) is 97.5 Å². The number of imide groups is 1. The number of hydrogen-bond acceptors (Lipinski definition) is 6. The Morgan fingerprint density at radius 2 is 1.80 bits per heavy atom. The van der Waals surface area contributed by atoms with E-state index in [9.17, 15) is 14.9 Å². The van der Waals surface area contributed by atoms with Crippen molar-refractivity contribution >= 4 is 17.9 Å². The summed E-state index contributed by atoms with van der Waals surface area (Å²) in [5, 5.41) is 14.7. The average molecular weight is 553 g/mol. The molecule has 2 amide bonds. The fraction of sp³-hybridized carbons (Fsp3) is 0.333. The van der Waals surface area contributed by atoms with Gasteiger partial charge in [0.25, 0.3) is 11.8 Å². The zero-order chi connectivity index (χ0) is 29.5. The normalized spacial score (nSPS) is 14.8. The highest BCUT2D eigenvalue weighted by Crippen LogP contribution is 2.33. The molecule has 0 atom stereocenters. The molecule has 8 heteroatoms. The Hall–Kier alpha value is -4.48. The SMILES string of the molecule is COCCCN1C(=O)C(C#N)=C(C)/C(=C\c2cn(-c3ccccc3)nc2-c2ccc(OCCC(C)C)c(C)c2)C1=O. The number of methoxy groups -OCH3 is 1. The van der Waals surface area contributed by atoms with Crippen molar-refractivity contribution in [3.05, 3.63) is 82.6 Å². The highest BCUT2D eigenvalue weighted by molar-refractivity contribution is 6.19. The molecule has 1 aliphatic rings. The molecule has 1 aromatic heterocycles. The number of amides is 2. The third kappa shape index (κ3) is 6.64. The smallest absolute Gasteiger partial charge is 0.271 e. The molecule has 0 radical (unpaired) electrons. The van der Waals surface area contributed by atoms with E-state index in [0.717, 1.165) is 33.9 Å². The number of carbonyl (C=O) groups excluding carboxylic acids is 2. The number of aryl methyl sites for hydroxylation is 1. The minimum atomic E-state index is -0.577. The van der Waals surface area contributed by atoms with Crippen molar-refractivity contribution in [2.24, 2.45) is 5.92 Å². The second-order valence-electron chi connectivity index (χ2n) is 10.5. The molecular weight excluding hydrogens is 516 g/mol. The van der Waals surface area contributed by atoms with E-state index in [2.05, 4.69) is 13.8 Å². The summed E-state index contributed by atoms with van der Waals surface area (Å²) in [5.41, 5.74) is 4.66. The summed E-state index contributed by atoms with van der Waals surface area (Å²) in [5.74, 6) is 0.361. The molecule has 8 nitrogen and oxygen atoms in total. The summed E-state index contributed by atoms with van der Waals surface area (Å²) in [6.45, 7) is 9.18. The Balaban J connectivity index is 1.80. The number of carbonyl (C=O) groups is 2. The van der Waals surface area contributed by atoms with Gasteiger partial charge in [0.2, 0.25) is 0 Å². The van der Waals surface area contributed by atoms with E-state index in [1.54, 1.807) is 24.8 Å². The van der Waals surface area contributed by atoms with Crippen LogP contribution in [-0.2, 0) is 14.3 Å². The van der Waals surface area contributed by atoms with E-state index in [-0.39, 0.29) is 17.7 Å². The molecule has 0 spiro atoms. The molecule has 41 heavy (non-hydrogen) atoms. The quantitative estimate of drug-likeness (QED) is 0.167. The zero-order valence-electron chi connectivity index (χ0n) is 24.3. The van der Waals surface area contributed by atoms with Gasteiger partial charge in [-0.15, -0.1) is 0 Å². The monoisotopic (exact) mass is 552 g/mol. The van der Waals surface area contributed by atoms with Crippen molar-refractivity contribution in [2.75, 3.05) is 26.9 Å². The van der Waals surface area contributed by atoms with Crippen molar-refractivity contribution < 1.29 is 19.1 Å². The first kappa shape index (κ1) is 29.5. The molecule has 212 valence electrons. The van der Waals surface area contributed by atoms with E-state index >= 15 is 0 Å². The van der Waals surface area contributed by atoms with E-state index in [1.807, 2.05) is 67.7 Å². The van der Waals surface area contributed by atoms with Gasteiger partial charge in [-0.05, 0) is 80.2 Å². The van der Waals surface area contributed by atoms with E-state index in [0.29, 0.717) is 42.4 Å². The second kappa shape index (κ2) is 13.2. The lowest BCUT2D eigenvalue weighted by Crippen LogP contribution is -2.43. The van der Waals surface area contributed by atoms with Crippen molar-refractivity contribution in [2.45, 2.75) is 40.5 Å². The van der Waals surface area contributed by atoms with E-state index < -0.39 is 11.8 Å². The van der Waals surface area contributed by atoms with Crippen LogP contribution in [0, 0.1) is 24.2 Å². The lowest BCUT2D eigenvalue weighted by Gasteiger charge is -2.27. The Kier molecular flexibility index (Phi) is 9.53. The number of benzene rings is 2. The highest BCUT2D eigenvalue weighted by Gasteiger charge is 2.35. The van der Waals surface area contributed by atoms with Gasteiger partial charge in [0.1, 0.15) is 17.4 Å². The van der Waals surface area contributed by atoms with Gasteiger partial charge in [0.15, 0.2) is 0 Å². The van der Waals surface area contributed by atoms with Crippen molar-refractivity contribution in [1.82, 2.24) is 14.7 Å². The molecule has 2 heterocycles. The first-order chi connectivity index (χ1) is 19.7. The van der Waals surface area contributed by atoms with Gasteiger partial charge in [0, 0.05) is 43.2 Å². The van der Waals surface area contributed by atoms with Gasteiger partial charge in [-0.3, -0.25) is 14.5 Å². The molecule has 0 aliphatic carbocycles. The van der Waals surface area contributed by atoms with Gasteiger partial charge in [-0.25, -0.2) is 4.68 Å². The zero-order valence-corrected chi connectivity index (χ0v) is 24.3. The van der Waals surface area contributed by atoms with Crippen LogP contribution in [0.3, 0.4) is 0 Å². The number of rotatable bonds is 11. The third-order valence-corrected chi connectivity index (χ3v) is 7.02. The molecular formula is C33H36N4O4. The largest absolute Gasteiger partial charge is 0.493 e. The van der Waals surface area contributed by atoms with Gasteiger partial charge >= 0.3 is 0 Å². The van der Waals surface area contributed by atoms with Crippen molar-refractivity contribution in [3.63, 3.8) is 0 Å². The van der Waals surface area contributed by atoms with Crippen LogP contribution in [0.2, 0.25) is 0 Å². The predicted molar refractivity (Wildman–Crippen MR) is 158 cm³/mol. The number of nitrogens with zero attached hydrogens (tertiary/aromatic N) is 4. The van der Waals surface area contributed by atoms with Crippen LogP contribution >= 0.6 is 0 Å². The maximum absolute atomic E-state index is 13.6. The first-order valence-corrected chi connectivity index (χ1v) is 13.8. The molecule has 0 saturated carbocycles. The number of nitriles is 1. The number of aromatic nitrogens is 2. The molecule has 0 saturated heterocycles. The van der Waals surface area contributed by atoms with E-state index in [4.69, 9.17) is 14.6 Å². The molecule has 0 N–H and O–H groups in total. The van der Waals surface area contributed by atoms with Crippen LogP contribution in [0.4, 0.5) is 0 Å². The minimum Gasteiger partial charge on any atom is -0.493 e. The fourth-order valence-electron chi connectivity index (χ4n) is 4.65. The number of ether oxygens (including phenoxy) is 2. The lowest BCUT2D eigenvalue weighted by molar-refractivity contribution is -0.140. The van der Waals surface area contributed by atoms with Crippen LogP contribution < -0.4 is 4.74 Å². The molecule has 4 rings (SSSR count). The lowest BCUT2D eigenvalue weighted by atomic mass is 9.93. The Morgan fingerprint density at radius 1 is 1.05 bits per heavy atom. The highest BCUT2D eigenvalue weighted by atomic mass is 16.5. The van der Waals surface area contributed by atoms with Gasteiger partial charge in [-0.1, -0.05) is 32.0 Å². The first-order valence-electron chi connectivity index (χ1n) is 13.8. The molecule has 1 aliphatic heterocycles. The number of para-hydroxylation sites is 1. The second-order valence-corrected chi connectivity index (χ2v) is 10.5. The molecule has 0 bridgehead atoms. The molecule has 3 aromatic rings. The maximum atomic E-state index is 13.6. The predicted octanol–water partition coefficient (Wildman–Crippen LogP) is 5.90. The number of hydrogen-bond donors (Lipinski definition) is 0. The summed E-state index contributed by atoms with van der Waals surface area (Å²) in [6.07, 6.45) is 5.03. The van der Waals surface area contributed by atoms with Crippen molar-refractivity contribution in [3.8, 4) is 28.8 Å².